The van der Waals surface area contributed by atoms with Gasteiger partial charge in [-0.1, -0.05) is 0 Å². The molecule has 1 aromatic carbocycles. The third-order valence-electron chi connectivity index (χ3n) is 2.23. The van der Waals surface area contributed by atoms with Gasteiger partial charge in [-0.15, -0.1) is 0 Å². The molecule has 0 aliphatic heterocycles. The van der Waals surface area contributed by atoms with Gasteiger partial charge in [0.25, 0.3) is 5.78 Å². The van der Waals surface area contributed by atoms with Crippen molar-refractivity contribution in [2.24, 2.45) is 0 Å². The van der Waals surface area contributed by atoms with Crippen LogP contribution in [0.15, 0.2) is 22.8 Å². The Morgan fingerprint density at radius 1 is 1.47 bits per heavy atom. The number of hydrogen-bond donors (Lipinski definition) is 1. The first-order valence-corrected chi connectivity index (χ1v) is 5.78. The number of esters is 1. The molecule has 1 aromatic heterocycles. The zero-order chi connectivity index (χ0) is 12.4. The van der Waals surface area contributed by atoms with Crippen LogP contribution in [0.2, 0.25) is 0 Å². The van der Waals surface area contributed by atoms with E-state index in [1.807, 2.05) is 0 Å². The number of aromatic nitrogens is 2. The van der Waals surface area contributed by atoms with Crippen molar-refractivity contribution in [3.8, 4) is 0 Å². The van der Waals surface area contributed by atoms with Crippen molar-refractivity contribution in [2.75, 3.05) is 6.61 Å². The summed E-state index contributed by atoms with van der Waals surface area (Å²) in [6, 6.07) is 4.82. The smallest absolute Gasteiger partial charge is 0.379 e. The van der Waals surface area contributed by atoms with Gasteiger partial charge < -0.3 is 4.74 Å². The number of benzene rings is 1. The number of Topliss-reactive ketones (excluding diaryl/α,β-unsaturated/α-hetero) is 1. The van der Waals surface area contributed by atoms with E-state index < -0.39 is 11.8 Å². The number of hydrogen-bond acceptors (Lipinski definition) is 4. The number of ether oxygens (including phenoxy) is 1. The predicted octanol–water partition coefficient (Wildman–Crippen LogP) is 2.07. The van der Waals surface area contributed by atoms with E-state index >= 15 is 0 Å². The second-order valence-electron chi connectivity index (χ2n) is 3.32. The average Bonchev–Trinajstić information content (AvgIpc) is 2.70. The molecule has 0 spiro atoms. The molecule has 0 atom stereocenters. The molecule has 0 saturated heterocycles. The molecule has 17 heavy (non-hydrogen) atoms. The third kappa shape index (κ3) is 2.21. The quantitative estimate of drug-likeness (QED) is 0.535. The fourth-order valence-corrected chi connectivity index (χ4v) is 1.84. The van der Waals surface area contributed by atoms with Gasteiger partial charge in [-0.25, -0.2) is 4.79 Å². The number of fused-ring (bicyclic) bond motifs is 1. The van der Waals surface area contributed by atoms with Crippen molar-refractivity contribution in [1.29, 1.82) is 0 Å². The van der Waals surface area contributed by atoms with Crippen LogP contribution in [0.3, 0.4) is 0 Å². The lowest BCUT2D eigenvalue weighted by Gasteiger charge is -2.00. The highest BCUT2D eigenvalue weighted by molar-refractivity contribution is 9.10. The van der Waals surface area contributed by atoms with Gasteiger partial charge in [0, 0.05) is 10.9 Å². The van der Waals surface area contributed by atoms with Gasteiger partial charge in [0.1, 0.15) is 4.60 Å². The van der Waals surface area contributed by atoms with Crippen molar-refractivity contribution in [2.45, 2.75) is 6.92 Å². The standard InChI is InChI=1S/C11H9BrN2O3/c1-2-17-11(16)9(15)6-3-4-8-7(5-6)10(12)14-13-8/h3-5H,2H2,1H3,(H,13,14). The molecule has 0 saturated carbocycles. The van der Waals surface area contributed by atoms with E-state index in [1.54, 1.807) is 25.1 Å². The van der Waals surface area contributed by atoms with Crippen LogP contribution in [0.4, 0.5) is 0 Å². The van der Waals surface area contributed by atoms with Gasteiger partial charge in [-0.2, -0.15) is 5.10 Å². The van der Waals surface area contributed by atoms with Gasteiger partial charge in [0.15, 0.2) is 0 Å². The summed E-state index contributed by atoms with van der Waals surface area (Å²) in [6.07, 6.45) is 0. The number of H-pyrrole nitrogens is 1. The molecule has 0 radical (unpaired) electrons. The monoisotopic (exact) mass is 296 g/mol. The molecular formula is C11H9BrN2O3. The van der Waals surface area contributed by atoms with Crippen LogP contribution in [0.25, 0.3) is 10.9 Å². The van der Waals surface area contributed by atoms with E-state index in [0.717, 1.165) is 10.9 Å². The minimum atomic E-state index is -0.841. The summed E-state index contributed by atoms with van der Waals surface area (Å²) in [5.74, 6) is -1.49. The molecule has 5 nitrogen and oxygen atoms in total. The van der Waals surface area contributed by atoms with Crippen molar-refractivity contribution >= 4 is 38.6 Å². The highest BCUT2D eigenvalue weighted by atomic mass is 79.9. The number of halogens is 1. The zero-order valence-corrected chi connectivity index (χ0v) is 10.6. The van der Waals surface area contributed by atoms with E-state index in [9.17, 15) is 9.59 Å². The van der Waals surface area contributed by atoms with E-state index in [2.05, 4.69) is 30.9 Å². The molecule has 1 heterocycles. The Morgan fingerprint density at radius 3 is 2.94 bits per heavy atom. The predicted molar refractivity (Wildman–Crippen MR) is 64.8 cm³/mol. The SMILES string of the molecule is CCOC(=O)C(=O)c1ccc2n[nH]c(Br)c2c1. The fourth-order valence-electron chi connectivity index (χ4n) is 1.43. The van der Waals surface area contributed by atoms with Gasteiger partial charge in [-0.05, 0) is 41.1 Å². The first kappa shape index (κ1) is 11.8. The lowest BCUT2D eigenvalue weighted by Crippen LogP contribution is -2.17. The summed E-state index contributed by atoms with van der Waals surface area (Å²) < 4.78 is 5.33. The summed E-state index contributed by atoms with van der Waals surface area (Å²) in [5, 5.41) is 7.49. The maximum atomic E-state index is 11.7. The molecule has 0 fully saturated rings. The number of rotatable bonds is 3. The number of carbonyl (C=O) groups is 2. The lowest BCUT2D eigenvalue weighted by atomic mass is 10.1. The topological polar surface area (TPSA) is 72.1 Å². The Hall–Kier alpha value is -1.69. The van der Waals surface area contributed by atoms with Crippen LogP contribution in [0, 0.1) is 0 Å². The minimum absolute atomic E-state index is 0.183. The number of nitrogens with one attached hydrogen (secondary N) is 1. The maximum Gasteiger partial charge on any atom is 0.379 e. The minimum Gasteiger partial charge on any atom is -0.460 e. The van der Waals surface area contributed by atoms with E-state index in [-0.39, 0.29) is 12.2 Å². The van der Waals surface area contributed by atoms with Crippen LogP contribution >= 0.6 is 15.9 Å². The van der Waals surface area contributed by atoms with Crippen LogP contribution in [-0.4, -0.2) is 28.6 Å². The Kier molecular flexibility index (Phi) is 3.23. The van der Waals surface area contributed by atoms with E-state index in [4.69, 9.17) is 0 Å². The van der Waals surface area contributed by atoms with Crippen molar-refractivity contribution in [3.63, 3.8) is 0 Å². The second-order valence-corrected chi connectivity index (χ2v) is 4.11. The molecule has 0 aliphatic carbocycles. The second kappa shape index (κ2) is 4.67. The van der Waals surface area contributed by atoms with Crippen LogP contribution in [0.5, 0.6) is 0 Å². The van der Waals surface area contributed by atoms with E-state index in [0.29, 0.717) is 4.60 Å². The zero-order valence-electron chi connectivity index (χ0n) is 8.99. The Labute approximate surface area is 105 Å². The van der Waals surface area contributed by atoms with Crippen molar-refractivity contribution < 1.29 is 14.3 Å². The van der Waals surface area contributed by atoms with Crippen LogP contribution in [0.1, 0.15) is 17.3 Å². The summed E-state index contributed by atoms with van der Waals surface area (Å²) in [5.41, 5.74) is 1.01. The number of aromatic amines is 1. The lowest BCUT2D eigenvalue weighted by molar-refractivity contribution is -0.137. The summed E-state index contributed by atoms with van der Waals surface area (Å²) in [7, 11) is 0. The maximum absolute atomic E-state index is 11.7. The Balaban J connectivity index is 2.39. The Bertz CT molecular complexity index is 591. The normalized spacial score (nSPS) is 10.5. The summed E-state index contributed by atoms with van der Waals surface area (Å²) >= 11 is 3.27. The third-order valence-corrected chi connectivity index (χ3v) is 2.84. The summed E-state index contributed by atoms with van der Waals surface area (Å²) in [6.45, 7) is 1.84. The van der Waals surface area contributed by atoms with Crippen molar-refractivity contribution in [1.82, 2.24) is 10.2 Å². The fraction of sp³-hybridized carbons (Fsp3) is 0.182. The van der Waals surface area contributed by atoms with Gasteiger partial charge >= 0.3 is 5.97 Å². The molecule has 0 aliphatic rings. The van der Waals surface area contributed by atoms with Crippen LogP contribution in [-0.2, 0) is 9.53 Å². The molecule has 0 unspecified atom stereocenters. The molecule has 6 heteroatoms. The number of nitrogens with zero attached hydrogens (tertiary/aromatic N) is 1. The molecular weight excluding hydrogens is 288 g/mol. The number of ketones is 1. The molecule has 2 rings (SSSR count). The highest BCUT2D eigenvalue weighted by Crippen LogP contribution is 2.22. The van der Waals surface area contributed by atoms with Gasteiger partial charge in [0.05, 0.1) is 12.1 Å². The summed E-state index contributed by atoms with van der Waals surface area (Å²) in [4.78, 5) is 23.0. The largest absolute Gasteiger partial charge is 0.460 e. The van der Waals surface area contributed by atoms with Gasteiger partial charge in [-0.3, -0.25) is 9.89 Å². The molecule has 88 valence electrons. The molecule has 0 amide bonds. The molecule has 2 aromatic rings. The molecule has 0 bridgehead atoms. The van der Waals surface area contributed by atoms with E-state index in [1.165, 1.54) is 0 Å². The first-order valence-electron chi connectivity index (χ1n) is 4.98. The van der Waals surface area contributed by atoms with Gasteiger partial charge in [0.2, 0.25) is 0 Å². The number of carbonyl (C=O) groups excluding carboxylic acids is 2. The molecule has 1 N–H and O–H groups in total. The highest BCUT2D eigenvalue weighted by Gasteiger charge is 2.18. The van der Waals surface area contributed by atoms with Crippen molar-refractivity contribution in [3.05, 3.63) is 28.4 Å². The first-order chi connectivity index (χ1) is 8.13. The Morgan fingerprint density at radius 2 is 2.24 bits per heavy atom. The average molecular weight is 297 g/mol. The van der Waals surface area contributed by atoms with Crippen LogP contribution < -0.4 is 0 Å².